The van der Waals surface area contributed by atoms with E-state index >= 15 is 0 Å². The summed E-state index contributed by atoms with van der Waals surface area (Å²) < 4.78 is 0. The van der Waals surface area contributed by atoms with Gasteiger partial charge in [0.2, 0.25) is 5.91 Å². The van der Waals surface area contributed by atoms with Crippen molar-refractivity contribution in [2.75, 3.05) is 25.0 Å². The Morgan fingerprint density at radius 2 is 1.89 bits per heavy atom. The predicted octanol–water partition coefficient (Wildman–Crippen LogP) is 2.86. The third-order valence-corrected chi connectivity index (χ3v) is 2.88. The molecule has 0 saturated heterocycles. The summed E-state index contributed by atoms with van der Waals surface area (Å²) in [4.78, 5) is 13.8. The van der Waals surface area contributed by atoms with Gasteiger partial charge >= 0.3 is 0 Å². The quantitative estimate of drug-likeness (QED) is 0.727. The van der Waals surface area contributed by atoms with Gasteiger partial charge in [-0.1, -0.05) is 37.3 Å². The molecule has 1 N–H and O–H groups in total. The maximum absolute atomic E-state index is 12.1. The van der Waals surface area contributed by atoms with Crippen LogP contribution in [0.5, 0.6) is 0 Å². The van der Waals surface area contributed by atoms with Gasteiger partial charge in [-0.25, -0.2) is 0 Å². The van der Waals surface area contributed by atoms with Crippen LogP contribution < -0.4 is 5.32 Å². The molecule has 0 aliphatic carbocycles. The molecule has 1 amide bonds. The second kappa shape index (κ2) is 8.14. The molecule has 0 bridgehead atoms. The van der Waals surface area contributed by atoms with Gasteiger partial charge in [0.15, 0.2) is 0 Å². The molecule has 102 valence electrons. The van der Waals surface area contributed by atoms with Gasteiger partial charge < -0.3 is 10.2 Å². The lowest BCUT2D eigenvalue weighted by atomic mass is 10.1. The number of para-hydroxylation sites is 1. The monoisotopic (exact) mass is 258 g/mol. The highest BCUT2D eigenvalue weighted by atomic mass is 16.2. The molecule has 0 fully saturated rings. The van der Waals surface area contributed by atoms with Crippen LogP contribution >= 0.6 is 0 Å². The van der Waals surface area contributed by atoms with Crippen LogP contribution in [0.1, 0.15) is 12.5 Å². The van der Waals surface area contributed by atoms with Crippen LogP contribution in [-0.4, -0.2) is 30.4 Å². The van der Waals surface area contributed by atoms with Crippen molar-refractivity contribution in [3.05, 3.63) is 55.1 Å². The zero-order chi connectivity index (χ0) is 14.1. The molecule has 3 nitrogen and oxygen atoms in total. The molecule has 3 heteroatoms. The fraction of sp³-hybridized carbons (Fsp3) is 0.312. The predicted molar refractivity (Wildman–Crippen MR) is 81.3 cm³/mol. The van der Waals surface area contributed by atoms with E-state index < -0.39 is 0 Å². The highest BCUT2D eigenvalue weighted by molar-refractivity contribution is 5.81. The normalized spacial score (nSPS) is 9.74. The number of rotatable bonds is 8. The summed E-state index contributed by atoms with van der Waals surface area (Å²) in [6.45, 7) is 10.8. The van der Waals surface area contributed by atoms with Gasteiger partial charge in [-0.3, -0.25) is 4.79 Å². The van der Waals surface area contributed by atoms with E-state index in [4.69, 9.17) is 0 Å². The standard InChI is InChI=1S/C16H22N2O/c1-4-11-18(12-5-2)16(19)13-17-15-10-8-7-9-14(15)6-3/h4-5,7-10,17H,1-2,6,11-13H2,3H3. The molecule has 19 heavy (non-hydrogen) atoms. The number of carbonyl (C=O) groups is 1. The van der Waals surface area contributed by atoms with Crippen molar-refractivity contribution in [2.24, 2.45) is 0 Å². The first-order valence-corrected chi connectivity index (χ1v) is 6.54. The Kier molecular flexibility index (Phi) is 6.44. The molecule has 1 rings (SSSR count). The summed E-state index contributed by atoms with van der Waals surface area (Å²) in [5.74, 6) is 0.0470. The highest BCUT2D eigenvalue weighted by Crippen LogP contribution is 2.14. The number of amides is 1. The number of carbonyl (C=O) groups excluding carboxylic acids is 1. The van der Waals surface area contributed by atoms with Gasteiger partial charge in [0.25, 0.3) is 0 Å². The van der Waals surface area contributed by atoms with Crippen LogP contribution in [0.25, 0.3) is 0 Å². The largest absolute Gasteiger partial charge is 0.376 e. The summed E-state index contributed by atoms with van der Waals surface area (Å²) in [7, 11) is 0. The lowest BCUT2D eigenvalue weighted by Gasteiger charge is -2.20. The molecule has 1 aromatic carbocycles. The molecule has 0 aliphatic heterocycles. The fourth-order valence-corrected chi connectivity index (χ4v) is 1.87. The maximum atomic E-state index is 12.1. The SMILES string of the molecule is C=CCN(CC=C)C(=O)CNc1ccccc1CC. The molecule has 0 heterocycles. The molecule has 0 radical (unpaired) electrons. The topological polar surface area (TPSA) is 32.3 Å². The average molecular weight is 258 g/mol. The third-order valence-electron chi connectivity index (χ3n) is 2.88. The summed E-state index contributed by atoms with van der Waals surface area (Å²) in [6, 6.07) is 8.04. The number of nitrogens with one attached hydrogen (secondary N) is 1. The highest BCUT2D eigenvalue weighted by Gasteiger charge is 2.10. The van der Waals surface area contributed by atoms with Gasteiger partial charge in [0, 0.05) is 18.8 Å². The minimum Gasteiger partial charge on any atom is -0.376 e. The van der Waals surface area contributed by atoms with Crippen LogP contribution in [0.4, 0.5) is 5.69 Å². The summed E-state index contributed by atoms with van der Waals surface area (Å²) in [5.41, 5.74) is 2.24. The lowest BCUT2D eigenvalue weighted by molar-refractivity contribution is -0.128. The van der Waals surface area contributed by atoms with Crippen molar-refractivity contribution in [1.82, 2.24) is 4.90 Å². The zero-order valence-corrected chi connectivity index (χ0v) is 11.6. The van der Waals surface area contributed by atoms with Gasteiger partial charge in [-0.05, 0) is 18.1 Å². The second-order valence-corrected chi connectivity index (χ2v) is 4.24. The zero-order valence-electron chi connectivity index (χ0n) is 11.6. The van der Waals surface area contributed by atoms with E-state index in [0.717, 1.165) is 12.1 Å². The van der Waals surface area contributed by atoms with E-state index in [0.29, 0.717) is 19.6 Å². The number of benzene rings is 1. The second-order valence-electron chi connectivity index (χ2n) is 4.24. The molecule has 0 aromatic heterocycles. The van der Waals surface area contributed by atoms with Crippen molar-refractivity contribution in [2.45, 2.75) is 13.3 Å². The number of hydrogen-bond donors (Lipinski definition) is 1. The van der Waals surface area contributed by atoms with Gasteiger partial charge in [-0.15, -0.1) is 13.2 Å². The van der Waals surface area contributed by atoms with Gasteiger partial charge in [0.1, 0.15) is 0 Å². The summed E-state index contributed by atoms with van der Waals surface area (Å²) in [6.07, 6.45) is 4.39. The molecule has 1 aromatic rings. The number of anilines is 1. The van der Waals surface area contributed by atoms with Crippen LogP contribution in [0.15, 0.2) is 49.6 Å². The number of hydrogen-bond acceptors (Lipinski definition) is 2. The van der Waals surface area contributed by atoms with Crippen molar-refractivity contribution < 1.29 is 4.79 Å². The van der Waals surface area contributed by atoms with E-state index in [-0.39, 0.29) is 5.91 Å². The third kappa shape index (κ3) is 4.62. The Labute approximate surface area is 115 Å². The van der Waals surface area contributed by atoms with Crippen LogP contribution in [0, 0.1) is 0 Å². The van der Waals surface area contributed by atoms with Crippen molar-refractivity contribution in [3.8, 4) is 0 Å². The average Bonchev–Trinajstić information content (AvgIpc) is 2.44. The summed E-state index contributed by atoms with van der Waals surface area (Å²) >= 11 is 0. The molecule has 0 aliphatic rings. The lowest BCUT2D eigenvalue weighted by Crippen LogP contribution is -2.35. The fourth-order valence-electron chi connectivity index (χ4n) is 1.87. The molecule has 0 atom stereocenters. The Morgan fingerprint density at radius 3 is 2.47 bits per heavy atom. The summed E-state index contributed by atoms with van der Waals surface area (Å²) in [5, 5.41) is 3.20. The molecular weight excluding hydrogens is 236 g/mol. The Bertz CT molecular complexity index is 430. The van der Waals surface area contributed by atoms with Crippen LogP contribution in [-0.2, 0) is 11.2 Å². The Morgan fingerprint density at radius 1 is 1.26 bits per heavy atom. The van der Waals surface area contributed by atoms with Crippen LogP contribution in [0.3, 0.4) is 0 Å². The van der Waals surface area contributed by atoms with E-state index in [1.807, 2.05) is 18.2 Å². The maximum Gasteiger partial charge on any atom is 0.242 e. The first kappa shape index (κ1) is 15.0. The molecule has 0 unspecified atom stereocenters. The van der Waals surface area contributed by atoms with Gasteiger partial charge in [-0.2, -0.15) is 0 Å². The van der Waals surface area contributed by atoms with E-state index in [9.17, 15) is 4.79 Å². The Hall–Kier alpha value is -2.03. The number of nitrogens with zero attached hydrogens (tertiary/aromatic N) is 1. The van der Waals surface area contributed by atoms with Crippen molar-refractivity contribution in [1.29, 1.82) is 0 Å². The Balaban J connectivity index is 2.61. The minimum absolute atomic E-state index is 0.0470. The van der Waals surface area contributed by atoms with Crippen molar-refractivity contribution >= 4 is 11.6 Å². The first-order valence-electron chi connectivity index (χ1n) is 6.54. The number of aryl methyl sites for hydroxylation is 1. The molecule has 0 spiro atoms. The van der Waals surface area contributed by atoms with Crippen LogP contribution in [0.2, 0.25) is 0 Å². The molecular formula is C16H22N2O. The van der Waals surface area contributed by atoms with E-state index in [1.165, 1.54) is 5.56 Å². The molecule has 0 saturated carbocycles. The van der Waals surface area contributed by atoms with E-state index in [1.54, 1.807) is 17.1 Å². The van der Waals surface area contributed by atoms with Gasteiger partial charge in [0.05, 0.1) is 6.54 Å². The van der Waals surface area contributed by atoms with E-state index in [2.05, 4.69) is 31.5 Å². The smallest absolute Gasteiger partial charge is 0.242 e. The minimum atomic E-state index is 0.0470. The van der Waals surface area contributed by atoms with Crippen molar-refractivity contribution in [3.63, 3.8) is 0 Å². The first-order chi connectivity index (χ1) is 9.22.